The van der Waals surface area contributed by atoms with Crippen LogP contribution in [0.5, 0.6) is 0 Å². The van der Waals surface area contributed by atoms with Gasteiger partial charge in [-0.1, -0.05) is 6.42 Å². The molecule has 0 bridgehead atoms. The topological polar surface area (TPSA) is 79.8 Å². The van der Waals surface area contributed by atoms with Crippen molar-refractivity contribution in [3.8, 4) is 0 Å². The maximum Gasteiger partial charge on any atom is 0.463 e. The van der Waals surface area contributed by atoms with Gasteiger partial charge in [0, 0.05) is 0 Å². The van der Waals surface area contributed by atoms with Gasteiger partial charge in [-0.05, 0) is 19.3 Å². The second kappa shape index (κ2) is 3.63. The highest BCUT2D eigenvalue weighted by molar-refractivity contribution is 8.03. The van der Waals surface area contributed by atoms with Crippen LogP contribution in [0, 0.1) is 0 Å². The number of hydrogen-bond donors (Lipinski definition) is 0. The number of carbonyl (C=O) groups is 1. The Labute approximate surface area is 83.5 Å². The van der Waals surface area contributed by atoms with E-state index < -0.39 is 16.8 Å². The third-order valence-electron chi connectivity index (χ3n) is 2.63. The fraction of sp³-hybridized carbons (Fsp3) is 0.750. The second-order valence-corrected chi connectivity index (χ2v) is 5.06. The molecule has 0 spiro atoms. The number of ether oxygens (including phenoxy) is 1. The maximum absolute atomic E-state index is 11.7. The van der Waals surface area contributed by atoms with Crippen LogP contribution >= 0.6 is 0 Å². The van der Waals surface area contributed by atoms with Gasteiger partial charge < -0.3 is 10.3 Å². The van der Waals surface area contributed by atoms with Gasteiger partial charge in [0.25, 0.3) is 0 Å². The molecule has 2 rings (SSSR count). The van der Waals surface area contributed by atoms with Crippen molar-refractivity contribution in [2.75, 3.05) is 0 Å². The summed E-state index contributed by atoms with van der Waals surface area (Å²) in [5, 5.41) is -0.513. The zero-order valence-electron chi connectivity index (χ0n) is 7.51. The lowest BCUT2D eigenvalue weighted by atomic mass is 9.97. The molecule has 1 heterocycles. The summed E-state index contributed by atoms with van der Waals surface area (Å²) >= 11 is 0. The Kier molecular flexibility index (Phi) is 2.48. The summed E-state index contributed by atoms with van der Waals surface area (Å²) < 4.78 is 16.8. The zero-order valence-corrected chi connectivity index (χ0v) is 8.33. The van der Waals surface area contributed by atoms with E-state index in [0.29, 0.717) is 0 Å². The monoisotopic (exact) mass is 214 g/mol. The molecule has 2 fully saturated rings. The van der Waals surface area contributed by atoms with Crippen molar-refractivity contribution < 1.29 is 18.5 Å². The molecule has 14 heavy (non-hydrogen) atoms. The van der Waals surface area contributed by atoms with E-state index in [2.05, 4.69) is 4.79 Å². The third kappa shape index (κ3) is 1.40. The quantitative estimate of drug-likeness (QED) is 0.329. The SMILES string of the molecule is [N-]=[N+]=C1C(=O)O[C@H]2CCCC[C@@H]2[S@]1=O. The van der Waals surface area contributed by atoms with E-state index in [1.165, 1.54) is 0 Å². The number of esters is 1. The lowest BCUT2D eigenvalue weighted by Crippen LogP contribution is -2.48. The molecule has 0 N–H and O–H groups in total. The lowest BCUT2D eigenvalue weighted by molar-refractivity contribution is -0.146. The summed E-state index contributed by atoms with van der Waals surface area (Å²) in [6, 6.07) is 0. The van der Waals surface area contributed by atoms with Gasteiger partial charge in [0.2, 0.25) is 0 Å². The Morgan fingerprint density at radius 3 is 2.86 bits per heavy atom. The predicted octanol–water partition coefficient (Wildman–Crippen LogP) is 0.231. The fourth-order valence-corrected chi connectivity index (χ4v) is 3.36. The fourth-order valence-electron chi connectivity index (χ4n) is 1.94. The largest absolute Gasteiger partial charge is 0.463 e. The number of rotatable bonds is 0. The Hall–Kier alpha value is -1.00. The molecule has 6 heteroatoms. The molecule has 1 saturated carbocycles. The summed E-state index contributed by atoms with van der Waals surface area (Å²) in [6.45, 7) is 0. The van der Waals surface area contributed by atoms with Gasteiger partial charge in [0.15, 0.2) is 0 Å². The molecule has 0 amide bonds. The average Bonchev–Trinajstić information content (AvgIpc) is 2.18. The van der Waals surface area contributed by atoms with E-state index in [1.54, 1.807) is 0 Å². The third-order valence-corrected chi connectivity index (χ3v) is 4.35. The lowest BCUT2D eigenvalue weighted by Gasteiger charge is -2.31. The van der Waals surface area contributed by atoms with Crippen LogP contribution < -0.4 is 0 Å². The van der Waals surface area contributed by atoms with E-state index >= 15 is 0 Å². The van der Waals surface area contributed by atoms with Crippen molar-refractivity contribution in [2.45, 2.75) is 37.0 Å². The molecular weight excluding hydrogens is 204 g/mol. The molecule has 1 saturated heterocycles. The predicted molar refractivity (Wildman–Crippen MR) is 48.9 cm³/mol. The van der Waals surface area contributed by atoms with Crippen LogP contribution in [-0.4, -0.2) is 31.4 Å². The Balaban J connectivity index is 2.29. The number of hydrogen-bond acceptors (Lipinski definition) is 3. The van der Waals surface area contributed by atoms with Crippen LogP contribution in [0.1, 0.15) is 25.7 Å². The highest BCUT2D eigenvalue weighted by Gasteiger charge is 2.47. The van der Waals surface area contributed by atoms with Crippen LogP contribution in [0.15, 0.2) is 0 Å². The minimum absolute atomic E-state index is 0.174. The second-order valence-electron chi connectivity index (χ2n) is 3.47. The molecule has 5 nitrogen and oxygen atoms in total. The van der Waals surface area contributed by atoms with Crippen molar-refractivity contribution >= 4 is 21.8 Å². The Bertz CT molecular complexity index is 348. The minimum atomic E-state index is -1.50. The first-order valence-electron chi connectivity index (χ1n) is 4.57. The molecule has 0 aromatic heterocycles. The van der Waals surface area contributed by atoms with E-state index in [9.17, 15) is 9.00 Å². The van der Waals surface area contributed by atoms with Crippen LogP contribution in [0.2, 0.25) is 0 Å². The van der Waals surface area contributed by atoms with Gasteiger partial charge in [0.1, 0.15) is 16.9 Å². The van der Waals surface area contributed by atoms with Crippen LogP contribution in [-0.2, 0) is 20.3 Å². The minimum Gasteiger partial charge on any atom is -0.452 e. The maximum atomic E-state index is 11.7. The standard InChI is InChI=1S/C8H10N2O3S/c9-10-7-8(11)13-5-3-1-2-4-6(5)14(7)12/h5-6H,1-4H2/t5-,6-,14+/m0/s1. The normalized spacial score (nSPS) is 37.0. The molecule has 0 aromatic rings. The Morgan fingerprint density at radius 2 is 2.14 bits per heavy atom. The molecule has 1 aliphatic carbocycles. The summed E-state index contributed by atoms with van der Waals surface area (Å²) in [5.74, 6) is -0.742. The van der Waals surface area contributed by atoms with Gasteiger partial charge in [-0.25, -0.2) is 9.00 Å². The van der Waals surface area contributed by atoms with Gasteiger partial charge in [-0.15, -0.1) is 4.79 Å². The summed E-state index contributed by atoms with van der Waals surface area (Å²) in [6.07, 6.45) is 3.27. The summed E-state index contributed by atoms with van der Waals surface area (Å²) in [7, 11) is -1.50. The van der Waals surface area contributed by atoms with E-state index in [1.807, 2.05) is 0 Å². The van der Waals surface area contributed by atoms with Crippen molar-refractivity contribution in [1.82, 2.24) is 0 Å². The van der Waals surface area contributed by atoms with Crippen LogP contribution in [0.3, 0.4) is 0 Å². The van der Waals surface area contributed by atoms with E-state index in [-0.39, 0.29) is 16.4 Å². The first-order valence-corrected chi connectivity index (χ1v) is 5.79. The van der Waals surface area contributed by atoms with E-state index in [0.717, 1.165) is 25.7 Å². The van der Waals surface area contributed by atoms with Gasteiger partial charge in [-0.3, -0.25) is 0 Å². The molecule has 0 unspecified atom stereocenters. The van der Waals surface area contributed by atoms with Crippen molar-refractivity contribution in [2.24, 2.45) is 0 Å². The number of nitrogens with zero attached hydrogens (tertiary/aromatic N) is 2. The van der Waals surface area contributed by atoms with Crippen molar-refractivity contribution in [3.05, 3.63) is 5.53 Å². The number of fused-ring (bicyclic) bond motifs is 1. The smallest absolute Gasteiger partial charge is 0.452 e. The molecule has 1 aliphatic heterocycles. The first kappa shape index (κ1) is 9.55. The molecule has 0 radical (unpaired) electrons. The molecule has 76 valence electrons. The highest BCUT2D eigenvalue weighted by Crippen LogP contribution is 2.28. The summed E-state index contributed by atoms with van der Waals surface area (Å²) in [4.78, 5) is 13.9. The van der Waals surface area contributed by atoms with Gasteiger partial charge in [0.05, 0.1) is 5.25 Å². The zero-order chi connectivity index (χ0) is 10.1. The number of carbonyl (C=O) groups excluding carboxylic acids is 1. The van der Waals surface area contributed by atoms with Crippen LogP contribution in [0.25, 0.3) is 5.53 Å². The van der Waals surface area contributed by atoms with E-state index in [4.69, 9.17) is 10.3 Å². The molecular formula is C8H10N2O3S. The van der Waals surface area contributed by atoms with Gasteiger partial charge >= 0.3 is 11.0 Å². The summed E-state index contributed by atoms with van der Waals surface area (Å²) in [5.41, 5.74) is 8.52. The molecule has 3 atom stereocenters. The first-order chi connectivity index (χ1) is 6.74. The average molecular weight is 214 g/mol. The van der Waals surface area contributed by atoms with Crippen molar-refractivity contribution in [1.29, 1.82) is 0 Å². The molecule has 2 aliphatic rings. The van der Waals surface area contributed by atoms with Crippen molar-refractivity contribution in [3.63, 3.8) is 0 Å². The highest BCUT2D eigenvalue weighted by atomic mass is 32.2. The Morgan fingerprint density at radius 1 is 1.43 bits per heavy atom. The molecule has 0 aromatic carbocycles. The van der Waals surface area contributed by atoms with Gasteiger partial charge in [-0.2, -0.15) is 0 Å². The van der Waals surface area contributed by atoms with Crippen LogP contribution in [0.4, 0.5) is 0 Å².